The number of hydrogen-bond donors (Lipinski definition) is 1. The number of methoxy groups -OCH3 is 1. The van der Waals surface area contributed by atoms with Crippen LogP contribution in [0.5, 0.6) is 5.75 Å². The summed E-state index contributed by atoms with van der Waals surface area (Å²) < 4.78 is 18.5. The lowest BCUT2D eigenvalue weighted by Crippen LogP contribution is -2.26. The van der Waals surface area contributed by atoms with Crippen LogP contribution in [-0.4, -0.2) is 13.2 Å². The number of halogens is 1. The standard InChI is InChI=1S/C18H22FNO/c1-14(8-9-15-6-4-3-5-7-15)20-13-16-10-11-18(21-2)17(19)12-16/h3-7,10-12,14,20H,8-9,13H2,1-2H3. The Bertz CT molecular complexity index is 556. The zero-order valence-electron chi connectivity index (χ0n) is 12.6. The Labute approximate surface area is 126 Å². The third-order valence-corrected chi connectivity index (χ3v) is 3.58. The van der Waals surface area contributed by atoms with Gasteiger partial charge in [-0.3, -0.25) is 0 Å². The Kier molecular flexibility index (Phi) is 5.76. The minimum absolute atomic E-state index is 0.288. The molecule has 0 aromatic heterocycles. The topological polar surface area (TPSA) is 21.3 Å². The summed E-state index contributed by atoms with van der Waals surface area (Å²) in [6.07, 6.45) is 2.11. The molecule has 0 heterocycles. The highest BCUT2D eigenvalue weighted by Crippen LogP contribution is 2.17. The van der Waals surface area contributed by atoms with Gasteiger partial charge in [-0.25, -0.2) is 4.39 Å². The van der Waals surface area contributed by atoms with E-state index in [1.54, 1.807) is 6.07 Å². The van der Waals surface area contributed by atoms with E-state index in [1.807, 2.05) is 12.1 Å². The maximum absolute atomic E-state index is 13.6. The summed E-state index contributed by atoms with van der Waals surface area (Å²) in [5.74, 6) is -0.0235. The van der Waals surface area contributed by atoms with Gasteiger partial charge >= 0.3 is 0 Å². The van der Waals surface area contributed by atoms with Crippen molar-refractivity contribution in [3.05, 3.63) is 65.5 Å². The SMILES string of the molecule is COc1ccc(CNC(C)CCc2ccccc2)cc1F. The molecule has 0 aliphatic carbocycles. The average molecular weight is 287 g/mol. The van der Waals surface area contributed by atoms with E-state index in [0.717, 1.165) is 18.4 Å². The molecule has 0 fully saturated rings. The monoisotopic (exact) mass is 287 g/mol. The molecule has 1 unspecified atom stereocenters. The molecule has 0 bridgehead atoms. The van der Waals surface area contributed by atoms with Crippen LogP contribution in [0.1, 0.15) is 24.5 Å². The Hall–Kier alpha value is -1.87. The van der Waals surface area contributed by atoms with Crippen molar-refractivity contribution in [2.45, 2.75) is 32.4 Å². The van der Waals surface area contributed by atoms with Crippen molar-refractivity contribution in [2.75, 3.05) is 7.11 Å². The Morgan fingerprint density at radius 3 is 2.52 bits per heavy atom. The van der Waals surface area contributed by atoms with Crippen molar-refractivity contribution in [3.63, 3.8) is 0 Å². The molecular formula is C18H22FNO. The molecule has 2 rings (SSSR count). The quantitative estimate of drug-likeness (QED) is 0.832. The number of benzene rings is 2. The van der Waals surface area contributed by atoms with Crippen LogP contribution >= 0.6 is 0 Å². The van der Waals surface area contributed by atoms with Crippen molar-refractivity contribution in [3.8, 4) is 5.75 Å². The fourth-order valence-electron chi connectivity index (χ4n) is 2.24. The highest BCUT2D eigenvalue weighted by Gasteiger charge is 2.06. The predicted octanol–water partition coefficient (Wildman–Crippen LogP) is 3.95. The molecule has 2 aromatic rings. The number of aryl methyl sites for hydroxylation is 1. The molecule has 1 N–H and O–H groups in total. The van der Waals surface area contributed by atoms with Gasteiger partial charge in [0, 0.05) is 12.6 Å². The second kappa shape index (κ2) is 7.79. The van der Waals surface area contributed by atoms with Gasteiger partial charge in [0.1, 0.15) is 0 Å². The lowest BCUT2D eigenvalue weighted by Gasteiger charge is -2.14. The fourth-order valence-corrected chi connectivity index (χ4v) is 2.24. The first kappa shape index (κ1) is 15.5. The van der Waals surface area contributed by atoms with Gasteiger partial charge in [-0.05, 0) is 43.0 Å². The fraction of sp³-hybridized carbons (Fsp3) is 0.333. The van der Waals surface area contributed by atoms with Crippen LogP contribution in [-0.2, 0) is 13.0 Å². The lowest BCUT2D eigenvalue weighted by molar-refractivity contribution is 0.386. The minimum Gasteiger partial charge on any atom is -0.494 e. The van der Waals surface area contributed by atoms with Gasteiger partial charge in [0.15, 0.2) is 11.6 Å². The first-order valence-corrected chi connectivity index (χ1v) is 7.29. The minimum atomic E-state index is -0.311. The molecule has 0 spiro atoms. The van der Waals surface area contributed by atoms with Gasteiger partial charge in [-0.15, -0.1) is 0 Å². The Morgan fingerprint density at radius 1 is 1.10 bits per heavy atom. The summed E-state index contributed by atoms with van der Waals surface area (Å²) in [6.45, 7) is 2.82. The molecule has 3 heteroatoms. The summed E-state index contributed by atoms with van der Waals surface area (Å²) in [6, 6.07) is 15.9. The van der Waals surface area contributed by atoms with Gasteiger partial charge < -0.3 is 10.1 Å². The second-order valence-electron chi connectivity index (χ2n) is 5.28. The highest BCUT2D eigenvalue weighted by atomic mass is 19.1. The van der Waals surface area contributed by atoms with Crippen LogP contribution in [0.15, 0.2) is 48.5 Å². The zero-order valence-corrected chi connectivity index (χ0v) is 12.6. The number of ether oxygens (including phenoxy) is 1. The zero-order chi connectivity index (χ0) is 15.1. The van der Waals surface area contributed by atoms with E-state index in [9.17, 15) is 4.39 Å². The van der Waals surface area contributed by atoms with Crippen LogP contribution in [0.2, 0.25) is 0 Å². The third kappa shape index (κ3) is 4.87. The summed E-state index contributed by atoms with van der Waals surface area (Å²) in [5.41, 5.74) is 2.28. The van der Waals surface area contributed by atoms with Crippen molar-refractivity contribution in [2.24, 2.45) is 0 Å². The van der Waals surface area contributed by atoms with Gasteiger partial charge in [0.2, 0.25) is 0 Å². The molecule has 2 aromatic carbocycles. The molecule has 21 heavy (non-hydrogen) atoms. The lowest BCUT2D eigenvalue weighted by atomic mass is 10.1. The van der Waals surface area contributed by atoms with Crippen molar-refractivity contribution >= 4 is 0 Å². The Balaban J connectivity index is 1.78. The van der Waals surface area contributed by atoms with Gasteiger partial charge in [0.05, 0.1) is 7.11 Å². The number of hydrogen-bond acceptors (Lipinski definition) is 2. The number of rotatable bonds is 7. The predicted molar refractivity (Wildman–Crippen MR) is 84.0 cm³/mol. The van der Waals surface area contributed by atoms with Crippen LogP contribution < -0.4 is 10.1 Å². The van der Waals surface area contributed by atoms with Crippen LogP contribution in [0.4, 0.5) is 4.39 Å². The maximum atomic E-state index is 13.6. The summed E-state index contributed by atoms with van der Waals surface area (Å²) in [4.78, 5) is 0. The summed E-state index contributed by atoms with van der Waals surface area (Å²) in [7, 11) is 1.47. The normalized spacial score (nSPS) is 12.1. The van der Waals surface area contributed by atoms with Gasteiger partial charge in [0.25, 0.3) is 0 Å². The van der Waals surface area contributed by atoms with Gasteiger partial charge in [-0.2, -0.15) is 0 Å². The Morgan fingerprint density at radius 2 is 1.86 bits per heavy atom. The van der Waals surface area contributed by atoms with Gasteiger partial charge in [-0.1, -0.05) is 36.4 Å². The third-order valence-electron chi connectivity index (χ3n) is 3.58. The molecule has 0 amide bonds. The first-order valence-electron chi connectivity index (χ1n) is 7.29. The van der Waals surface area contributed by atoms with Crippen molar-refractivity contribution in [1.82, 2.24) is 5.32 Å². The summed E-state index contributed by atoms with van der Waals surface area (Å²) >= 11 is 0. The molecule has 0 radical (unpaired) electrons. The smallest absolute Gasteiger partial charge is 0.165 e. The van der Waals surface area contributed by atoms with Crippen LogP contribution in [0, 0.1) is 5.82 Å². The van der Waals surface area contributed by atoms with E-state index in [-0.39, 0.29) is 11.6 Å². The van der Waals surface area contributed by atoms with E-state index >= 15 is 0 Å². The van der Waals surface area contributed by atoms with Crippen molar-refractivity contribution < 1.29 is 9.13 Å². The summed E-state index contributed by atoms with van der Waals surface area (Å²) in [5, 5.41) is 3.43. The molecule has 1 atom stereocenters. The van der Waals surface area contributed by atoms with E-state index in [0.29, 0.717) is 12.6 Å². The molecule has 2 nitrogen and oxygen atoms in total. The molecule has 0 saturated carbocycles. The number of nitrogens with one attached hydrogen (secondary N) is 1. The molecule has 0 aliphatic rings. The second-order valence-corrected chi connectivity index (χ2v) is 5.28. The van der Waals surface area contributed by atoms with E-state index in [4.69, 9.17) is 4.74 Å². The largest absolute Gasteiger partial charge is 0.494 e. The van der Waals surface area contributed by atoms with E-state index < -0.39 is 0 Å². The first-order chi connectivity index (χ1) is 10.2. The van der Waals surface area contributed by atoms with E-state index in [2.05, 4.69) is 36.5 Å². The van der Waals surface area contributed by atoms with E-state index in [1.165, 1.54) is 18.7 Å². The van der Waals surface area contributed by atoms with Crippen molar-refractivity contribution in [1.29, 1.82) is 0 Å². The average Bonchev–Trinajstić information content (AvgIpc) is 2.52. The molecular weight excluding hydrogens is 265 g/mol. The maximum Gasteiger partial charge on any atom is 0.165 e. The highest BCUT2D eigenvalue weighted by molar-refractivity contribution is 5.29. The molecule has 0 aliphatic heterocycles. The van der Waals surface area contributed by atoms with Crippen LogP contribution in [0.25, 0.3) is 0 Å². The molecule has 112 valence electrons. The molecule has 0 saturated heterocycles. The van der Waals surface area contributed by atoms with Crippen LogP contribution in [0.3, 0.4) is 0 Å².